The second kappa shape index (κ2) is 9.48. The summed E-state index contributed by atoms with van der Waals surface area (Å²) in [4.78, 5) is 44.4. The highest BCUT2D eigenvalue weighted by atomic mass is 16.3. The van der Waals surface area contributed by atoms with Gasteiger partial charge in [-0.05, 0) is 32.9 Å². The van der Waals surface area contributed by atoms with Crippen LogP contribution in [0.2, 0.25) is 0 Å². The molecule has 2 aromatic carbocycles. The maximum absolute atomic E-state index is 13.4. The maximum Gasteiger partial charge on any atom is 0.320 e. The molecule has 2 heterocycles. The first-order valence-electron chi connectivity index (χ1n) is 11.4. The smallest absolute Gasteiger partial charge is 0.320 e. The molecule has 0 unspecified atom stereocenters. The molecule has 0 aliphatic carbocycles. The molecule has 0 bridgehead atoms. The Morgan fingerprint density at radius 3 is 2.18 bits per heavy atom. The van der Waals surface area contributed by atoms with Crippen molar-refractivity contribution in [1.82, 2.24) is 14.7 Å². The van der Waals surface area contributed by atoms with E-state index in [1.54, 1.807) is 39.8 Å². The van der Waals surface area contributed by atoms with Gasteiger partial charge in [-0.15, -0.1) is 0 Å². The first-order chi connectivity index (χ1) is 16.0. The summed E-state index contributed by atoms with van der Waals surface area (Å²) in [6.07, 6.45) is 0. The van der Waals surface area contributed by atoms with Gasteiger partial charge in [-0.25, -0.2) is 4.79 Å². The molecule has 0 spiro atoms. The molecule has 1 fully saturated rings. The molecule has 7 heteroatoms. The number of nitrogens with zero attached hydrogens (tertiary/aromatic N) is 3. The maximum atomic E-state index is 13.4. The lowest BCUT2D eigenvalue weighted by molar-refractivity contribution is 0.0642. The fourth-order valence-electron chi connectivity index (χ4n) is 4.31. The van der Waals surface area contributed by atoms with Crippen LogP contribution in [-0.2, 0) is 0 Å². The number of urea groups is 1. The van der Waals surface area contributed by atoms with E-state index in [2.05, 4.69) is 0 Å². The highest BCUT2D eigenvalue weighted by Crippen LogP contribution is 2.28. The molecule has 0 radical (unpaired) electrons. The number of rotatable bonds is 4. The Bertz CT molecular complexity index is 1220. The van der Waals surface area contributed by atoms with Crippen molar-refractivity contribution in [3.63, 3.8) is 0 Å². The van der Waals surface area contributed by atoms with Crippen LogP contribution in [0.25, 0.3) is 22.3 Å². The number of fused-ring (bicyclic) bond motifs is 1. The second-order valence-corrected chi connectivity index (χ2v) is 8.17. The van der Waals surface area contributed by atoms with Crippen LogP contribution in [-0.4, -0.2) is 65.9 Å². The molecule has 1 saturated heterocycles. The van der Waals surface area contributed by atoms with Crippen molar-refractivity contribution in [1.29, 1.82) is 0 Å². The molecule has 0 saturated carbocycles. The molecule has 1 aliphatic rings. The van der Waals surface area contributed by atoms with Gasteiger partial charge in [0.25, 0.3) is 5.91 Å². The van der Waals surface area contributed by atoms with Gasteiger partial charge in [-0.2, -0.15) is 0 Å². The van der Waals surface area contributed by atoms with Gasteiger partial charge in [-0.1, -0.05) is 36.4 Å². The van der Waals surface area contributed by atoms with E-state index in [-0.39, 0.29) is 17.4 Å². The zero-order chi connectivity index (χ0) is 23.5. The topological polar surface area (TPSA) is 74.1 Å². The van der Waals surface area contributed by atoms with E-state index in [1.165, 1.54) is 0 Å². The largest absolute Gasteiger partial charge is 0.455 e. The first kappa shape index (κ1) is 22.6. The van der Waals surface area contributed by atoms with E-state index >= 15 is 0 Å². The molecule has 0 N–H and O–H groups in total. The predicted octanol–water partition coefficient (Wildman–Crippen LogP) is 3.99. The van der Waals surface area contributed by atoms with Crippen molar-refractivity contribution in [2.45, 2.75) is 20.8 Å². The molecule has 0 atom stereocenters. The van der Waals surface area contributed by atoms with Crippen molar-refractivity contribution >= 4 is 22.9 Å². The van der Waals surface area contributed by atoms with Gasteiger partial charge in [0.15, 0.2) is 11.0 Å². The van der Waals surface area contributed by atoms with Crippen LogP contribution in [0, 0.1) is 6.92 Å². The fourth-order valence-corrected chi connectivity index (χ4v) is 4.31. The number of hydrogen-bond donors (Lipinski definition) is 0. The Morgan fingerprint density at radius 2 is 1.55 bits per heavy atom. The van der Waals surface area contributed by atoms with E-state index in [1.807, 2.05) is 44.2 Å². The predicted molar refractivity (Wildman–Crippen MR) is 128 cm³/mol. The Hall–Kier alpha value is -3.61. The van der Waals surface area contributed by atoms with Crippen molar-refractivity contribution in [2.75, 3.05) is 39.3 Å². The van der Waals surface area contributed by atoms with Crippen molar-refractivity contribution in [3.05, 3.63) is 69.9 Å². The van der Waals surface area contributed by atoms with E-state index < -0.39 is 0 Å². The van der Waals surface area contributed by atoms with Crippen LogP contribution < -0.4 is 5.43 Å². The monoisotopic (exact) mass is 447 g/mol. The highest BCUT2D eigenvalue weighted by molar-refractivity contribution is 6.05. The van der Waals surface area contributed by atoms with Crippen LogP contribution in [0.3, 0.4) is 0 Å². The third kappa shape index (κ3) is 4.23. The van der Waals surface area contributed by atoms with E-state index in [4.69, 9.17) is 4.42 Å². The van der Waals surface area contributed by atoms with Crippen molar-refractivity contribution in [3.8, 4) is 11.3 Å². The van der Waals surface area contributed by atoms with E-state index in [0.29, 0.717) is 67.1 Å². The molecule has 3 amide bonds. The van der Waals surface area contributed by atoms with E-state index in [0.717, 1.165) is 5.56 Å². The summed E-state index contributed by atoms with van der Waals surface area (Å²) in [5.41, 5.74) is 1.84. The second-order valence-electron chi connectivity index (χ2n) is 8.17. The zero-order valence-electron chi connectivity index (χ0n) is 19.3. The number of carbonyl (C=O) groups is 2. The van der Waals surface area contributed by atoms with Crippen molar-refractivity contribution < 1.29 is 14.0 Å². The molecule has 172 valence electrons. The van der Waals surface area contributed by atoms with Crippen molar-refractivity contribution in [2.24, 2.45) is 0 Å². The van der Waals surface area contributed by atoms with Gasteiger partial charge in [0.1, 0.15) is 5.76 Å². The summed E-state index contributed by atoms with van der Waals surface area (Å²) in [5.74, 6) is 0.282. The third-order valence-corrected chi connectivity index (χ3v) is 6.28. The summed E-state index contributed by atoms with van der Waals surface area (Å²) < 4.78 is 6.20. The molecule has 1 aromatic heterocycles. The van der Waals surface area contributed by atoms with Gasteiger partial charge in [0.2, 0.25) is 0 Å². The molecular weight excluding hydrogens is 418 g/mol. The summed E-state index contributed by atoms with van der Waals surface area (Å²) in [5, 5.41) is 0.397. The number of piperazine rings is 1. The normalized spacial score (nSPS) is 13.9. The molecule has 7 nitrogen and oxygen atoms in total. The molecular formula is C26H29N3O4. The standard InChI is InChI=1S/C26H29N3O4/c1-4-27(5-2)26(32)29-16-14-28(15-17-29)25(31)21-13-9-12-20-22(30)18(3)23(33-24(20)21)19-10-7-6-8-11-19/h6-13H,4-5,14-17H2,1-3H3. The minimum atomic E-state index is -0.193. The summed E-state index contributed by atoms with van der Waals surface area (Å²) in [7, 11) is 0. The lowest BCUT2D eigenvalue weighted by atomic mass is 10.0. The average Bonchev–Trinajstić information content (AvgIpc) is 2.86. The number of para-hydroxylation sites is 1. The Balaban J connectivity index is 1.64. The quantitative estimate of drug-likeness (QED) is 0.606. The summed E-state index contributed by atoms with van der Waals surface area (Å²) in [6, 6.07) is 14.6. The summed E-state index contributed by atoms with van der Waals surface area (Å²) in [6.45, 7) is 8.80. The van der Waals surface area contributed by atoms with Gasteiger partial charge in [-0.3, -0.25) is 9.59 Å². The fraction of sp³-hybridized carbons (Fsp3) is 0.346. The average molecular weight is 448 g/mol. The number of amides is 3. The van der Waals surface area contributed by atoms with Gasteiger partial charge in [0.05, 0.1) is 10.9 Å². The third-order valence-electron chi connectivity index (χ3n) is 6.28. The lowest BCUT2D eigenvalue weighted by Gasteiger charge is -2.37. The van der Waals surface area contributed by atoms with Crippen LogP contribution in [0.15, 0.2) is 57.7 Å². The Kier molecular flexibility index (Phi) is 6.49. The van der Waals surface area contributed by atoms with Crippen LogP contribution in [0.5, 0.6) is 0 Å². The number of benzene rings is 2. The molecule has 3 aromatic rings. The first-order valence-corrected chi connectivity index (χ1v) is 11.4. The Labute approximate surface area is 193 Å². The Morgan fingerprint density at radius 1 is 0.909 bits per heavy atom. The summed E-state index contributed by atoms with van der Waals surface area (Å²) >= 11 is 0. The lowest BCUT2D eigenvalue weighted by Crippen LogP contribution is -2.54. The number of carbonyl (C=O) groups excluding carboxylic acids is 2. The van der Waals surface area contributed by atoms with E-state index in [9.17, 15) is 14.4 Å². The highest BCUT2D eigenvalue weighted by Gasteiger charge is 2.28. The SMILES string of the molecule is CCN(CC)C(=O)N1CCN(C(=O)c2cccc3c(=O)c(C)c(-c4ccccc4)oc23)CC1. The van der Waals surface area contributed by atoms with Crippen LogP contribution in [0.4, 0.5) is 4.79 Å². The van der Waals surface area contributed by atoms with Crippen LogP contribution in [0.1, 0.15) is 29.8 Å². The van der Waals surface area contributed by atoms with Gasteiger partial charge >= 0.3 is 6.03 Å². The minimum absolute atomic E-state index is 0.00577. The van der Waals surface area contributed by atoms with Gasteiger partial charge < -0.3 is 19.1 Å². The minimum Gasteiger partial charge on any atom is -0.455 e. The number of hydrogen-bond acceptors (Lipinski definition) is 4. The molecule has 4 rings (SSSR count). The molecule has 33 heavy (non-hydrogen) atoms. The van der Waals surface area contributed by atoms with Crippen LogP contribution >= 0.6 is 0 Å². The van der Waals surface area contributed by atoms with Gasteiger partial charge in [0, 0.05) is 50.4 Å². The zero-order valence-corrected chi connectivity index (χ0v) is 19.3. The molecule has 1 aliphatic heterocycles.